The van der Waals surface area contributed by atoms with E-state index in [1.54, 1.807) is 11.0 Å². The van der Waals surface area contributed by atoms with Crippen LogP contribution in [0.3, 0.4) is 0 Å². The SMILES string of the molecule is N#CCCN(CCN1CCOCC1)C(=O)Nc1cccc([N+](=O)[O-])c1. The first-order chi connectivity index (χ1) is 12.1. The fourth-order valence-electron chi connectivity index (χ4n) is 2.49. The standard InChI is InChI=1S/C16H21N5O4/c17-5-2-6-20(8-7-19-9-11-25-12-10-19)16(22)18-14-3-1-4-15(13-14)21(23)24/h1,3-4,13H,2,6-12H2,(H,18,22). The van der Waals surface area contributed by atoms with Gasteiger partial charge in [-0.25, -0.2) is 4.79 Å². The van der Waals surface area contributed by atoms with Crippen molar-refractivity contribution in [2.75, 3.05) is 51.3 Å². The molecule has 1 aromatic carbocycles. The van der Waals surface area contributed by atoms with E-state index in [9.17, 15) is 14.9 Å². The second-order valence-corrected chi connectivity index (χ2v) is 5.59. The molecule has 134 valence electrons. The van der Waals surface area contributed by atoms with Crippen LogP contribution in [0.25, 0.3) is 0 Å². The molecule has 1 aliphatic rings. The van der Waals surface area contributed by atoms with Crippen molar-refractivity contribution in [2.45, 2.75) is 6.42 Å². The smallest absolute Gasteiger partial charge is 0.321 e. The van der Waals surface area contributed by atoms with Gasteiger partial charge in [0, 0.05) is 50.5 Å². The molecule has 1 aliphatic heterocycles. The van der Waals surface area contributed by atoms with Crippen LogP contribution in [0.4, 0.5) is 16.2 Å². The summed E-state index contributed by atoms with van der Waals surface area (Å²) < 4.78 is 5.30. The average molecular weight is 347 g/mol. The molecular weight excluding hydrogens is 326 g/mol. The molecule has 0 radical (unpaired) electrons. The van der Waals surface area contributed by atoms with Crippen molar-refractivity contribution in [3.8, 4) is 6.07 Å². The van der Waals surface area contributed by atoms with Crippen molar-refractivity contribution in [2.24, 2.45) is 0 Å². The summed E-state index contributed by atoms with van der Waals surface area (Å²) in [5.74, 6) is 0. The molecule has 0 aliphatic carbocycles. The normalized spacial score (nSPS) is 14.5. The fourth-order valence-corrected chi connectivity index (χ4v) is 2.49. The lowest BCUT2D eigenvalue weighted by molar-refractivity contribution is -0.384. The highest BCUT2D eigenvalue weighted by atomic mass is 16.6. The number of nitrogens with zero attached hydrogens (tertiary/aromatic N) is 4. The molecule has 1 heterocycles. The number of anilines is 1. The van der Waals surface area contributed by atoms with E-state index in [0.717, 1.165) is 13.1 Å². The Morgan fingerprint density at radius 1 is 1.40 bits per heavy atom. The maximum Gasteiger partial charge on any atom is 0.321 e. The van der Waals surface area contributed by atoms with E-state index in [4.69, 9.17) is 10.00 Å². The summed E-state index contributed by atoms with van der Waals surface area (Å²) >= 11 is 0. The minimum atomic E-state index is -0.512. The number of nitrogens with one attached hydrogen (secondary N) is 1. The molecule has 1 N–H and O–H groups in total. The number of benzene rings is 1. The monoisotopic (exact) mass is 347 g/mol. The molecule has 1 fully saturated rings. The van der Waals surface area contributed by atoms with Crippen molar-refractivity contribution < 1.29 is 14.5 Å². The summed E-state index contributed by atoms with van der Waals surface area (Å²) in [6, 6.07) is 7.44. The van der Waals surface area contributed by atoms with Gasteiger partial charge in [-0.3, -0.25) is 15.0 Å². The first-order valence-corrected chi connectivity index (χ1v) is 8.07. The van der Waals surface area contributed by atoms with E-state index in [0.29, 0.717) is 38.5 Å². The topological polar surface area (TPSA) is 112 Å². The lowest BCUT2D eigenvalue weighted by atomic mass is 10.3. The molecule has 1 aromatic rings. The number of carbonyl (C=O) groups excluding carboxylic acids is 1. The quantitative estimate of drug-likeness (QED) is 0.593. The highest BCUT2D eigenvalue weighted by Crippen LogP contribution is 2.17. The molecule has 0 aromatic heterocycles. The summed E-state index contributed by atoms with van der Waals surface area (Å²) in [5, 5.41) is 22.3. The summed E-state index contributed by atoms with van der Waals surface area (Å²) in [6.07, 6.45) is 0.228. The Bertz CT molecular complexity index is 640. The number of morpholine rings is 1. The van der Waals surface area contributed by atoms with Crippen LogP contribution in [0.2, 0.25) is 0 Å². The van der Waals surface area contributed by atoms with Crippen LogP contribution in [-0.4, -0.2) is 66.7 Å². The Morgan fingerprint density at radius 2 is 2.16 bits per heavy atom. The molecule has 9 heteroatoms. The van der Waals surface area contributed by atoms with Crippen LogP contribution in [0, 0.1) is 21.4 Å². The molecular formula is C16H21N5O4. The molecule has 9 nitrogen and oxygen atoms in total. The molecule has 25 heavy (non-hydrogen) atoms. The van der Waals surface area contributed by atoms with Crippen molar-refractivity contribution in [1.29, 1.82) is 5.26 Å². The number of nitriles is 1. The van der Waals surface area contributed by atoms with E-state index in [-0.39, 0.29) is 18.1 Å². The van der Waals surface area contributed by atoms with E-state index < -0.39 is 4.92 Å². The number of nitro benzene ring substituents is 1. The minimum absolute atomic E-state index is 0.0882. The third-order valence-electron chi connectivity index (χ3n) is 3.88. The predicted octanol–water partition coefficient (Wildman–Crippen LogP) is 1.67. The number of amides is 2. The zero-order chi connectivity index (χ0) is 18.1. The second-order valence-electron chi connectivity index (χ2n) is 5.59. The second kappa shape index (κ2) is 9.56. The van der Waals surface area contributed by atoms with Crippen LogP contribution < -0.4 is 5.32 Å². The lowest BCUT2D eigenvalue weighted by Gasteiger charge is -2.29. The first kappa shape index (κ1) is 18.6. The van der Waals surface area contributed by atoms with Gasteiger partial charge >= 0.3 is 6.03 Å². The molecule has 0 spiro atoms. The van der Waals surface area contributed by atoms with Gasteiger partial charge in [0.25, 0.3) is 5.69 Å². The third kappa shape index (κ3) is 6.02. The van der Waals surface area contributed by atoms with Gasteiger partial charge in [0.2, 0.25) is 0 Å². The Labute approximate surface area is 145 Å². The van der Waals surface area contributed by atoms with E-state index in [1.807, 2.05) is 6.07 Å². The number of carbonyl (C=O) groups is 1. The molecule has 1 saturated heterocycles. The largest absolute Gasteiger partial charge is 0.379 e. The highest BCUT2D eigenvalue weighted by Gasteiger charge is 2.17. The van der Waals surface area contributed by atoms with E-state index in [1.165, 1.54) is 18.2 Å². The summed E-state index contributed by atoms with van der Waals surface area (Å²) in [4.78, 5) is 26.5. The Morgan fingerprint density at radius 3 is 2.84 bits per heavy atom. The van der Waals surface area contributed by atoms with Crippen LogP contribution in [0.1, 0.15) is 6.42 Å². The number of rotatable bonds is 7. The first-order valence-electron chi connectivity index (χ1n) is 8.07. The van der Waals surface area contributed by atoms with Gasteiger partial charge in [0.05, 0.1) is 30.6 Å². The van der Waals surface area contributed by atoms with Gasteiger partial charge < -0.3 is 15.0 Å². The van der Waals surface area contributed by atoms with Crippen molar-refractivity contribution >= 4 is 17.4 Å². The molecule has 0 saturated carbocycles. The molecule has 0 bridgehead atoms. The maximum atomic E-state index is 12.5. The fraction of sp³-hybridized carbons (Fsp3) is 0.500. The number of hydrogen-bond donors (Lipinski definition) is 1. The lowest BCUT2D eigenvalue weighted by Crippen LogP contribution is -2.44. The van der Waals surface area contributed by atoms with Gasteiger partial charge in [-0.05, 0) is 6.07 Å². The molecule has 2 rings (SSSR count). The van der Waals surface area contributed by atoms with Crippen molar-refractivity contribution in [3.63, 3.8) is 0 Å². The molecule has 2 amide bonds. The molecule has 0 unspecified atom stereocenters. The van der Waals surface area contributed by atoms with Gasteiger partial charge in [0.15, 0.2) is 0 Å². The van der Waals surface area contributed by atoms with Crippen molar-refractivity contribution in [3.05, 3.63) is 34.4 Å². The third-order valence-corrected chi connectivity index (χ3v) is 3.88. The number of hydrogen-bond acceptors (Lipinski definition) is 6. The Kier molecular flexibility index (Phi) is 7.13. The minimum Gasteiger partial charge on any atom is -0.379 e. The van der Waals surface area contributed by atoms with Crippen LogP contribution in [-0.2, 0) is 4.74 Å². The van der Waals surface area contributed by atoms with Crippen molar-refractivity contribution in [1.82, 2.24) is 9.80 Å². The maximum absolute atomic E-state index is 12.5. The summed E-state index contributed by atoms with van der Waals surface area (Å²) in [7, 11) is 0. The Hall–Kier alpha value is -2.70. The Balaban J connectivity index is 1.95. The van der Waals surface area contributed by atoms with E-state index in [2.05, 4.69) is 10.2 Å². The summed E-state index contributed by atoms with van der Waals surface area (Å²) in [6.45, 7) is 4.47. The van der Waals surface area contributed by atoms with Gasteiger partial charge in [-0.15, -0.1) is 0 Å². The van der Waals surface area contributed by atoms with Gasteiger partial charge in [-0.2, -0.15) is 5.26 Å². The number of nitro groups is 1. The number of ether oxygens (including phenoxy) is 1. The zero-order valence-corrected chi connectivity index (χ0v) is 13.9. The zero-order valence-electron chi connectivity index (χ0n) is 13.9. The highest BCUT2D eigenvalue weighted by molar-refractivity contribution is 5.89. The van der Waals surface area contributed by atoms with Crippen LogP contribution in [0.5, 0.6) is 0 Å². The number of non-ortho nitro benzene ring substituents is 1. The van der Waals surface area contributed by atoms with Crippen LogP contribution in [0.15, 0.2) is 24.3 Å². The average Bonchev–Trinajstić information content (AvgIpc) is 2.62. The van der Waals surface area contributed by atoms with Crippen LogP contribution >= 0.6 is 0 Å². The predicted molar refractivity (Wildman–Crippen MR) is 91.2 cm³/mol. The van der Waals surface area contributed by atoms with E-state index >= 15 is 0 Å². The molecule has 0 atom stereocenters. The number of urea groups is 1. The van der Waals surface area contributed by atoms with Gasteiger partial charge in [-0.1, -0.05) is 6.07 Å². The van der Waals surface area contributed by atoms with Gasteiger partial charge in [0.1, 0.15) is 0 Å². The summed E-state index contributed by atoms with van der Waals surface area (Å²) in [5.41, 5.74) is 0.266.